The molecule has 96 valence electrons. The fourth-order valence-electron chi connectivity index (χ4n) is 3.31. The van der Waals surface area contributed by atoms with E-state index in [9.17, 15) is 0 Å². The zero-order valence-corrected chi connectivity index (χ0v) is 11.3. The number of aromatic amines is 1. The number of rotatable bonds is 2. The first-order chi connectivity index (χ1) is 8.59. The van der Waals surface area contributed by atoms with Crippen LogP contribution in [0, 0.1) is 5.41 Å². The summed E-state index contributed by atoms with van der Waals surface area (Å²) in [5.41, 5.74) is 1.28. The van der Waals surface area contributed by atoms with Crippen LogP contribution in [0.4, 0.5) is 5.82 Å². The molecule has 18 heavy (non-hydrogen) atoms. The summed E-state index contributed by atoms with van der Waals surface area (Å²) in [5.74, 6) is 1.04. The zero-order valence-electron chi connectivity index (χ0n) is 11.3. The average Bonchev–Trinajstić information content (AvgIpc) is 2.93. The minimum atomic E-state index is 0.363. The van der Waals surface area contributed by atoms with Gasteiger partial charge in [0.05, 0.1) is 5.39 Å². The number of H-pyrrole nitrogens is 1. The second-order valence-corrected chi connectivity index (χ2v) is 5.94. The molecule has 0 saturated heterocycles. The molecule has 0 aromatic carbocycles. The Kier molecular flexibility index (Phi) is 2.54. The van der Waals surface area contributed by atoms with Gasteiger partial charge in [0.15, 0.2) is 0 Å². The molecule has 3 rings (SSSR count). The fraction of sp³-hybridized carbons (Fsp3) is 0.571. The Hall–Kier alpha value is -1.58. The first kappa shape index (κ1) is 11.5. The van der Waals surface area contributed by atoms with E-state index in [4.69, 9.17) is 0 Å². The smallest absolute Gasteiger partial charge is 0.142 e. The lowest BCUT2D eigenvalue weighted by atomic mass is 9.86. The Balaban J connectivity index is 2.01. The van der Waals surface area contributed by atoms with Gasteiger partial charge in [0.1, 0.15) is 17.8 Å². The number of nitrogens with zero attached hydrogens (tertiary/aromatic N) is 3. The molecule has 1 saturated carbocycles. The third kappa shape index (κ3) is 1.67. The van der Waals surface area contributed by atoms with Gasteiger partial charge in [-0.3, -0.25) is 0 Å². The van der Waals surface area contributed by atoms with Crippen molar-refractivity contribution in [2.45, 2.75) is 39.2 Å². The monoisotopic (exact) mass is 244 g/mol. The first-order valence-corrected chi connectivity index (χ1v) is 6.60. The van der Waals surface area contributed by atoms with Crippen LogP contribution in [-0.4, -0.2) is 28.0 Å². The van der Waals surface area contributed by atoms with Crippen molar-refractivity contribution in [1.82, 2.24) is 15.0 Å². The Morgan fingerprint density at radius 3 is 2.94 bits per heavy atom. The number of hydrogen-bond acceptors (Lipinski definition) is 3. The molecule has 4 heteroatoms. The van der Waals surface area contributed by atoms with Crippen molar-refractivity contribution in [2.24, 2.45) is 5.41 Å². The predicted molar refractivity (Wildman–Crippen MR) is 73.7 cm³/mol. The van der Waals surface area contributed by atoms with E-state index in [0.717, 1.165) is 16.9 Å². The van der Waals surface area contributed by atoms with Crippen LogP contribution in [0.2, 0.25) is 0 Å². The third-order valence-corrected chi connectivity index (χ3v) is 4.34. The highest BCUT2D eigenvalue weighted by Gasteiger charge is 2.37. The fourth-order valence-corrected chi connectivity index (χ4v) is 3.31. The van der Waals surface area contributed by atoms with Gasteiger partial charge in [-0.2, -0.15) is 0 Å². The van der Waals surface area contributed by atoms with E-state index in [1.165, 1.54) is 19.3 Å². The highest BCUT2D eigenvalue weighted by Crippen LogP contribution is 2.41. The summed E-state index contributed by atoms with van der Waals surface area (Å²) < 4.78 is 0. The summed E-state index contributed by atoms with van der Waals surface area (Å²) in [5, 5.41) is 1.11. The van der Waals surface area contributed by atoms with Gasteiger partial charge in [0.2, 0.25) is 0 Å². The SMILES string of the molecule is CN(c1ncnc2[nH]ccc12)C1CCCC1(C)C. The second-order valence-electron chi connectivity index (χ2n) is 5.94. The van der Waals surface area contributed by atoms with Gasteiger partial charge in [-0.15, -0.1) is 0 Å². The number of anilines is 1. The Labute approximate surface area is 107 Å². The standard InChI is InChI=1S/C14H20N4/c1-14(2)7-4-5-11(14)18(3)13-10-6-8-15-12(10)16-9-17-13/h6,8-9,11H,4-5,7H2,1-3H3,(H,15,16,17). The number of hydrogen-bond donors (Lipinski definition) is 1. The first-order valence-electron chi connectivity index (χ1n) is 6.60. The van der Waals surface area contributed by atoms with Gasteiger partial charge in [-0.1, -0.05) is 20.3 Å². The van der Waals surface area contributed by atoms with Gasteiger partial charge in [0, 0.05) is 19.3 Å². The number of aromatic nitrogens is 3. The number of fused-ring (bicyclic) bond motifs is 1. The lowest BCUT2D eigenvalue weighted by molar-refractivity contribution is 0.323. The van der Waals surface area contributed by atoms with Gasteiger partial charge in [-0.25, -0.2) is 9.97 Å². The van der Waals surface area contributed by atoms with Crippen LogP contribution in [0.15, 0.2) is 18.6 Å². The van der Waals surface area contributed by atoms with E-state index < -0.39 is 0 Å². The van der Waals surface area contributed by atoms with Crippen molar-refractivity contribution < 1.29 is 0 Å². The van der Waals surface area contributed by atoms with E-state index in [1.54, 1.807) is 6.33 Å². The van der Waals surface area contributed by atoms with E-state index in [1.807, 2.05) is 6.20 Å². The van der Waals surface area contributed by atoms with Gasteiger partial charge >= 0.3 is 0 Å². The minimum Gasteiger partial charge on any atom is -0.355 e. The molecule has 0 aliphatic heterocycles. The molecule has 0 radical (unpaired) electrons. The molecule has 1 unspecified atom stereocenters. The summed E-state index contributed by atoms with van der Waals surface area (Å²) in [4.78, 5) is 14.2. The molecule has 2 heterocycles. The molecule has 4 nitrogen and oxygen atoms in total. The Morgan fingerprint density at radius 1 is 1.39 bits per heavy atom. The van der Waals surface area contributed by atoms with Gasteiger partial charge in [-0.05, 0) is 24.3 Å². The minimum absolute atomic E-state index is 0.363. The summed E-state index contributed by atoms with van der Waals surface area (Å²) in [7, 11) is 2.16. The van der Waals surface area contributed by atoms with Crippen LogP contribution in [-0.2, 0) is 0 Å². The molecule has 1 atom stereocenters. The summed E-state index contributed by atoms with van der Waals surface area (Å²) in [6.45, 7) is 4.72. The molecular weight excluding hydrogens is 224 g/mol. The molecule has 0 spiro atoms. The topological polar surface area (TPSA) is 44.8 Å². The van der Waals surface area contributed by atoms with E-state index in [0.29, 0.717) is 11.5 Å². The molecule has 1 N–H and O–H groups in total. The van der Waals surface area contributed by atoms with Crippen LogP contribution in [0.5, 0.6) is 0 Å². The third-order valence-electron chi connectivity index (χ3n) is 4.34. The Morgan fingerprint density at radius 2 is 2.22 bits per heavy atom. The largest absolute Gasteiger partial charge is 0.355 e. The molecule has 0 amide bonds. The van der Waals surface area contributed by atoms with Gasteiger partial charge < -0.3 is 9.88 Å². The van der Waals surface area contributed by atoms with Crippen molar-refractivity contribution in [3.63, 3.8) is 0 Å². The molecule has 1 aliphatic carbocycles. The van der Waals surface area contributed by atoms with Gasteiger partial charge in [0.25, 0.3) is 0 Å². The van der Waals surface area contributed by atoms with Crippen LogP contribution < -0.4 is 4.90 Å². The summed E-state index contributed by atoms with van der Waals surface area (Å²) in [6.07, 6.45) is 7.43. The zero-order chi connectivity index (χ0) is 12.8. The summed E-state index contributed by atoms with van der Waals surface area (Å²) >= 11 is 0. The summed E-state index contributed by atoms with van der Waals surface area (Å²) in [6, 6.07) is 2.62. The maximum atomic E-state index is 4.48. The van der Waals surface area contributed by atoms with Crippen molar-refractivity contribution >= 4 is 16.9 Å². The van der Waals surface area contributed by atoms with Crippen molar-refractivity contribution in [3.8, 4) is 0 Å². The van der Waals surface area contributed by atoms with Crippen molar-refractivity contribution in [2.75, 3.05) is 11.9 Å². The highest BCUT2D eigenvalue weighted by molar-refractivity contribution is 5.87. The van der Waals surface area contributed by atoms with Crippen LogP contribution >= 0.6 is 0 Å². The van der Waals surface area contributed by atoms with Crippen molar-refractivity contribution in [1.29, 1.82) is 0 Å². The lowest BCUT2D eigenvalue weighted by Gasteiger charge is -2.36. The molecule has 1 fully saturated rings. The predicted octanol–water partition coefficient (Wildman–Crippen LogP) is 2.97. The van der Waals surface area contributed by atoms with E-state index in [-0.39, 0.29) is 0 Å². The Bertz CT molecular complexity index is 558. The molecule has 1 aliphatic rings. The number of nitrogens with one attached hydrogen (secondary N) is 1. The normalized spacial score (nSPS) is 22.5. The molecule has 2 aromatic heterocycles. The maximum Gasteiger partial charge on any atom is 0.142 e. The quantitative estimate of drug-likeness (QED) is 0.883. The molecule has 0 bridgehead atoms. The van der Waals surface area contributed by atoms with E-state index in [2.05, 4.69) is 46.8 Å². The lowest BCUT2D eigenvalue weighted by Crippen LogP contribution is -2.40. The average molecular weight is 244 g/mol. The molecule has 2 aromatic rings. The van der Waals surface area contributed by atoms with Crippen LogP contribution in [0.1, 0.15) is 33.1 Å². The highest BCUT2D eigenvalue weighted by atomic mass is 15.2. The second kappa shape index (κ2) is 3.97. The van der Waals surface area contributed by atoms with Crippen LogP contribution in [0.25, 0.3) is 11.0 Å². The molecular formula is C14H20N4. The maximum absolute atomic E-state index is 4.48. The van der Waals surface area contributed by atoms with E-state index >= 15 is 0 Å². The van der Waals surface area contributed by atoms with Crippen LogP contribution in [0.3, 0.4) is 0 Å². The van der Waals surface area contributed by atoms with Crippen molar-refractivity contribution in [3.05, 3.63) is 18.6 Å².